The van der Waals surface area contributed by atoms with E-state index in [2.05, 4.69) is 33.9 Å². The molecule has 0 atom stereocenters. The van der Waals surface area contributed by atoms with Gasteiger partial charge < -0.3 is 4.43 Å². The van der Waals surface area contributed by atoms with Crippen molar-refractivity contribution < 1.29 is 9.35 Å². The third kappa shape index (κ3) is 3.32. The molecule has 0 N–H and O–H groups in total. The summed E-state index contributed by atoms with van der Waals surface area (Å²) in [6, 6.07) is 6.09. The molecule has 102 valence electrons. The zero-order valence-corrected chi connectivity index (χ0v) is 12.9. The fourth-order valence-electron chi connectivity index (χ4n) is 1.24. The lowest BCUT2D eigenvalue weighted by molar-refractivity contribution is -0.384. The normalized spacial score (nSPS) is 11.8. The van der Waals surface area contributed by atoms with E-state index < -0.39 is 13.2 Å². The van der Waals surface area contributed by atoms with E-state index in [1.807, 2.05) is 6.07 Å². The Morgan fingerprint density at radius 1 is 1.37 bits per heavy atom. The maximum atomic E-state index is 10.7. The van der Waals surface area contributed by atoms with Gasteiger partial charge in [-0.15, -0.1) is 0 Å². The van der Waals surface area contributed by atoms with Gasteiger partial charge >= 0.3 is 0 Å². The number of nitro benzene ring substituents is 1. The van der Waals surface area contributed by atoms with Gasteiger partial charge in [-0.1, -0.05) is 20.8 Å². The molecule has 1 rings (SSSR count). The highest BCUT2D eigenvalue weighted by Crippen LogP contribution is 2.38. The van der Waals surface area contributed by atoms with E-state index in [-0.39, 0.29) is 16.3 Å². The number of hydrogen-bond acceptors (Lipinski definition) is 4. The van der Waals surface area contributed by atoms with Crippen molar-refractivity contribution in [2.24, 2.45) is 0 Å². The predicted molar refractivity (Wildman–Crippen MR) is 75.6 cm³/mol. The molecule has 0 aliphatic carbocycles. The first kappa shape index (κ1) is 15.2. The first-order valence-electron chi connectivity index (χ1n) is 5.96. The molecule has 5 nitrogen and oxygen atoms in total. The molecule has 0 aromatic heterocycles. The third-order valence-corrected chi connectivity index (χ3v) is 7.81. The second kappa shape index (κ2) is 5.01. The monoisotopic (exact) mass is 278 g/mol. The smallest absolute Gasteiger partial charge is 0.271 e. The summed E-state index contributed by atoms with van der Waals surface area (Å²) in [4.78, 5) is 10.2. The molecule has 19 heavy (non-hydrogen) atoms. The maximum absolute atomic E-state index is 10.7. The number of hydrogen-bond donors (Lipinski definition) is 0. The van der Waals surface area contributed by atoms with Crippen molar-refractivity contribution in [3.8, 4) is 11.8 Å². The molecular weight excluding hydrogens is 260 g/mol. The summed E-state index contributed by atoms with van der Waals surface area (Å²) >= 11 is 0. The Hall–Kier alpha value is -1.87. The Morgan fingerprint density at radius 2 is 1.95 bits per heavy atom. The van der Waals surface area contributed by atoms with Crippen LogP contribution in [-0.4, -0.2) is 13.2 Å². The minimum atomic E-state index is -2.06. The summed E-state index contributed by atoms with van der Waals surface area (Å²) in [6.07, 6.45) is 0. The lowest BCUT2D eigenvalue weighted by Crippen LogP contribution is -2.44. The van der Waals surface area contributed by atoms with Gasteiger partial charge in [0.1, 0.15) is 11.8 Å². The molecule has 0 fully saturated rings. The fourth-order valence-corrected chi connectivity index (χ4v) is 2.27. The zero-order chi connectivity index (χ0) is 14.8. The molecule has 0 aliphatic heterocycles. The Bertz CT molecular complexity index is 542. The van der Waals surface area contributed by atoms with Crippen molar-refractivity contribution in [2.45, 2.75) is 38.9 Å². The van der Waals surface area contributed by atoms with Crippen LogP contribution in [0.15, 0.2) is 18.2 Å². The number of rotatable bonds is 3. The van der Waals surface area contributed by atoms with Crippen molar-refractivity contribution in [3.63, 3.8) is 0 Å². The highest BCUT2D eigenvalue weighted by atomic mass is 28.4. The Labute approximate surface area is 114 Å². The molecule has 0 bridgehead atoms. The van der Waals surface area contributed by atoms with Crippen molar-refractivity contribution in [2.75, 3.05) is 0 Å². The molecule has 0 unspecified atom stereocenters. The molecule has 0 radical (unpaired) electrons. The summed E-state index contributed by atoms with van der Waals surface area (Å²) in [7, 11) is -2.06. The molecule has 6 heteroatoms. The van der Waals surface area contributed by atoms with E-state index in [1.54, 1.807) is 0 Å². The molecule has 0 amide bonds. The Morgan fingerprint density at radius 3 is 2.37 bits per heavy atom. The molecule has 1 aromatic rings. The minimum absolute atomic E-state index is 0.00149. The standard InChI is InChI=1S/C13H18N2O3Si/c1-13(2,3)19(4,5)18-12-7-6-11(15(16)17)8-10(12)9-14/h6-8H,1-5H3. The van der Waals surface area contributed by atoms with E-state index in [4.69, 9.17) is 9.69 Å². The van der Waals surface area contributed by atoms with Crippen LogP contribution >= 0.6 is 0 Å². The number of non-ortho nitro benzene ring substituents is 1. The predicted octanol–water partition coefficient (Wildman–Crippen LogP) is 3.85. The van der Waals surface area contributed by atoms with Gasteiger partial charge in [-0.05, 0) is 24.2 Å². The SMILES string of the molecule is CC(C)(C)[Si](C)(C)Oc1ccc([N+](=O)[O-])cc1C#N. The zero-order valence-electron chi connectivity index (χ0n) is 11.9. The van der Waals surface area contributed by atoms with Gasteiger partial charge in [0.15, 0.2) is 0 Å². The topological polar surface area (TPSA) is 76.2 Å². The summed E-state index contributed by atoms with van der Waals surface area (Å²) < 4.78 is 6.02. The van der Waals surface area contributed by atoms with Crippen LogP contribution in [0.1, 0.15) is 26.3 Å². The van der Waals surface area contributed by atoms with Gasteiger partial charge in [0.25, 0.3) is 14.0 Å². The number of nitriles is 1. The third-order valence-electron chi connectivity index (χ3n) is 3.47. The lowest BCUT2D eigenvalue weighted by Gasteiger charge is -2.36. The molecule has 0 aliphatic rings. The van der Waals surface area contributed by atoms with Gasteiger partial charge in [-0.2, -0.15) is 5.26 Å². The molecule has 0 saturated heterocycles. The van der Waals surface area contributed by atoms with Crippen LogP contribution < -0.4 is 4.43 Å². The number of benzene rings is 1. The second-order valence-corrected chi connectivity index (χ2v) is 10.6. The van der Waals surface area contributed by atoms with Gasteiger partial charge in [0.05, 0.1) is 10.5 Å². The summed E-state index contributed by atoms with van der Waals surface area (Å²) in [5, 5.41) is 19.8. The summed E-state index contributed by atoms with van der Waals surface area (Å²) in [5.74, 6) is 0.430. The van der Waals surface area contributed by atoms with Crippen LogP contribution in [0.3, 0.4) is 0 Å². The van der Waals surface area contributed by atoms with Crippen LogP contribution in [0.25, 0.3) is 0 Å². The van der Waals surface area contributed by atoms with Gasteiger partial charge in [0.2, 0.25) is 0 Å². The van der Waals surface area contributed by atoms with E-state index in [0.717, 1.165) is 0 Å². The number of nitro groups is 1. The van der Waals surface area contributed by atoms with E-state index in [0.29, 0.717) is 5.75 Å². The van der Waals surface area contributed by atoms with E-state index >= 15 is 0 Å². The number of nitrogens with zero attached hydrogens (tertiary/aromatic N) is 2. The molecule has 0 saturated carbocycles. The quantitative estimate of drug-likeness (QED) is 0.478. The summed E-state index contributed by atoms with van der Waals surface area (Å²) in [5.41, 5.74) is 0.109. The average molecular weight is 278 g/mol. The molecule has 0 heterocycles. The van der Waals surface area contributed by atoms with E-state index in [9.17, 15) is 10.1 Å². The highest BCUT2D eigenvalue weighted by Gasteiger charge is 2.39. The van der Waals surface area contributed by atoms with Gasteiger partial charge in [-0.25, -0.2) is 0 Å². The van der Waals surface area contributed by atoms with Crippen LogP contribution in [0, 0.1) is 21.4 Å². The first-order valence-corrected chi connectivity index (χ1v) is 8.87. The van der Waals surface area contributed by atoms with Gasteiger partial charge in [-0.3, -0.25) is 10.1 Å². The minimum Gasteiger partial charge on any atom is -0.543 e. The van der Waals surface area contributed by atoms with Crippen molar-refractivity contribution in [1.82, 2.24) is 0 Å². The Balaban J connectivity index is 3.17. The van der Waals surface area contributed by atoms with Crippen molar-refractivity contribution >= 4 is 14.0 Å². The average Bonchev–Trinajstić information content (AvgIpc) is 2.27. The van der Waals surface area contributed by atoms with Crippen LogP contribution in [-0.2, 0) is 0 Å². The largest absolute Gasteiger partial charge is 0.543 e. The molecule has 1 aromatic carbocycles. The molecule has 0 spiro atoms. The first-order chi connectivity index (χ1) is 8.58. The Kier molecular flexibility index (Phi) is 4.01. The van der Waals surface area contributed by atoms with Crippen molar-refractivity contribution in [3.05, 3.63) is 33.9 Å². The van der Waals surface area contributed by atoms with E-state index in [1.165, 1.54) is 18.2 Å². The summed E-state index contributed by atoms with van der Waals surface area (Å²) in [6.45, 7) is 10.4. The van der Waals surface area contributed by atoms with Crippen LogP contribution in [0.5, 0.6) is 5.75 Å². The lowest BCUT2D eigenvalue weighted by atomic mass is 10.2. The highest BCUT2D eigenvalue weighted by molar-refractivity contribution is 6.74. The van der Waals surface area contributed by atoms with Gasteiger partial charge in [0, 0.05) is 12.1 Å². The fraction of sp³-hybridized carbons (Fsp3) is 0.462. The molecular formula is C13H18N2O3Si. The van der Waals surface area contributed by atoms with Crippen LogP contribution in [0.4, 0.5) is 5.69 Å². The second-order valence-electron chi connectivity index (χ2n) is 5.91. The maximum Gasteiger partial charge on any atom is 0.271 e. The van der Waals surface area contributed by atoms with Crippen LogP contribution in [0.2, 0.25) is 18.1 Å². The van der Waals surface area contributed by atoms with Crippen molar-refractivity contribution in [1.29, 1.82) is 5.26 Å².